The van der Waals surface area contributed by atoms with Crippen LogP contribution in [-0.4, -0.2) is 10.7 Å². The highest BCUT2D eigenvalue weighted by molar-refractivity contribution is 6.31. The quantitative estimate of drug-likeness (QED) is 0.888. The summed E-state index contributed by atoms with van der Waals surface area (Å²) in [7, 11) is 0. The number of rotatable bonds is 2. The summed E-state index contributed by atoms with van der Waals surface area (Å²) in [5.74, 6) is 0.908. The van der Waals surface area contributed by atoms with Crippen LogP contribution in [0.5, 0.6) is 5.75 Å². The van der Waals surface area contributed by atoms with Crippen molar-refractivity contribution in [1.82, 2.24) is 0 Å². The molecule has 3 rings (SSSR count). The van der Waals surface area contributed by atoms with Crippen molar-refractivity contribution in [3.63, 3.8) is 0 Å². The van der Waals surface area contributed by atoms with Crippen molar-refractivity contribution >= 4 is 11.6 Å². The first-order valence-corrected chi connectivity index (χ1v) is 7.49. The smallest absolute Gasteiger partial charge is 0.123 e. The minimum absolute atomic E-state index is 0.173. The van der Waals surface area contributed by atoms with Gasteiger partial charge in [-0.1, -0.05) is 29.8 Å². The number of hydrogen-bond donors (Lipinski definition) is 1. The molecule has 3 heteroatoms. The van der Waals surface area contributed by atoms with Gasteiger partial charge in [0.15, 0.2) is 0 Å². The van der Waals surface area contributed by atoms with Crippen molar-refractivity contribution in [3.8, 4) is 5.75 Å². The molecule has 1 aliphatic rings. The third kappa shape index (κ3) is 2.78. The van der Waals surface area contributed by atoms with E-state index >= 15 is 0 Å². The second kappa shape index (κ2) is 5.04. The van der Waals surface area contributed by atoms with Gasteiger partial charge in [-0.3, -0.25) is 0 Å². The lowest BCUT2D eigenvalue weighted by atomic mass is 9.96. The SMILES string of the molecule is Cc1ccc(C(O)c2ccc3c(c2)CC(C)(C)O3)c(Cl)c1. The van der Waals surface area contributed by atoms with Crippen molar-refractivity contribution in [3.05, 3.63) is 63.7 Å². The Balaban J connectivity index is 1.95. The molecule has 1 N–H and O–H groups in total. The number of halogens is 1. The molecule has 21 heavy (non-hydrogen) atoms. The van der Waals surface area contributed by atoms with Gasteiger partial charge in [-0.15, -0.1) is 0 Å². The van der Waals surface area contributed by atoms with Gasteiger partial charge in [-0.2, -0.15) is 0 Å². The summed E-state index contributed by atoms with van der Waals surface area (Å²) in [6.07, 6.45) is 0.136. The number of benzene rings is 2. The molecule has 1 heterocycles. The van der Waals surface area contributed by atoms with E-state index in [2.05, 4.69) is 13.8 Å². The number of aryl methyl sites for hydroxylation is 1. The van der Waals surface area contributed by atoms with Crippen LogP contribution in [0.3, 0.4) is 0 Å². The highest BCUT2D eigenvalue weighted by Crippen LogP contribution is 2.38. The van der Waals surface area contributed by atoms with Crippen molar-refractivity contribution < 1.29 is 9.84 Å². The molecule has 0 aliphatic carbocycles. The molecule has 1 atom stereocenters. The molecule has 0 fully saturated rings. The number of fused-ring (bicyclic) bond motifs is 1. The Morgan fingerprint density at radius 1 is 1.19 bits per heavy atom. The maximum atomic E-state index is 10.6. The predicted molar refractivity (Wildman–Crippen MR) is 85.1 cm³/mol. The van der Waals surface area contributed by atoms with Gasteiger partial charge < -0.3 is 9.84 Å². The maximum absolute atomic E-state index is 10.6. The average molecular weight is 303 g/mol. The van der Waals surface area contributed by atoms with E-state index in [0.717, 1.165) is 34.4 Å². The molecule has 0 amide bonds. The molecule has 0 spiro atoms. The van der Waals surface area contributed by atoms with E-state index in [1.165, 1.54) is 0 Å². The van der Waals surface area contributed by atoms with Gasteiger partial charge in [-0.05, 0) is 55.7 Å². The molecule has 1 unspecified atom stereocenters. The highest BCUT2D eigenvalue weighted by atomic mass is 35.5. The van der Waals surface area contributed by atoms with Crippen LogP contribution in [0.4, 0.5) is 0 Å². The van der Waals surface area contributed by atoms with E-state index in [0.29, 0.717) is 5.02 Å². The van der Waals surface area contributed by atoms with Crippen LogP contribution in [0.25, 0.3) is 0 Å². The van der Waals surface area contributed by atoms with Crippen LogP contribution in [0, 0.1) is 6.92 Å². The van der Waals surface area contributed by atoms with Crippen LogP contribution in [0.15, 0.2) is 36.4 Å². The minimum Gasteiger partial charge on any atom is -0.487 e. The lowest BCUT2D eigenvalue weighted by Crippen LogP contribution is -2.24. The van der Waals surface area contributed by atoms with Gasteiger partial charge in [0.2, 0.25) is 0 Å². The Morgan fingerprint density at radius 2 is 1.95 bits per heavy atom. The standard InChI is InChI=1S/C18H19ClO2/c1-11-4-6-14(15(19)8-11)17(20)12-5-7-16-13(9-12)10-18(2,3)21-16/h4-9,17,20H,10H2,1-3H3. The largest absolute Gasteiger partial charge is 0.487 e. The summed E-state index contributed by atoms with van der Waals surface area (Å²) >= 11 is 6.25. The van der Waals surface area contributed by atoms with E-state index < -0.39 is 6.10 Å². The molecule has 0 saturated heterocycles. The summed E-state index contributed by atoms with van der Waals surface area (Å²) in [6, 6.07) is 11.6. The third-order valence-electron chi connectivity index (χ3n) is 3.85. The summed E-state index contributed by atoms with van der Waals surface area (Å²) < 4.78 is 5.87. The van der Waals surface area contributed by atoms with E-state index in [4.69, 9.17) is 16.3 Å². The molecule has 2 nitrogen and oxygen atoms in total. The monoisotopic (exact) mass is 302 g/mol. The van der Waals surface area contributed by atoms with Crippen molar-refractivity contribution in [1.29, 1.82) is 0 Å². The van der Waals surface area contributed by atoms with Gasteiger partial charge in [0, 0.05) is 17.0 Å². The molecule has 0 radical (unpaired) electrons. The number of hydrogen-bond acceptors (Lipinski definition) is 2. The molecule has 0 bridgehead atoms. The molecular weight excluding hydrogens is 284 g/mol. The van der Waals surface area contributed by atoms with Gasteiger partial charge in [0.05, 0.1) is 0 Å². The Kier molecular flexibility index (Phi) is 3.46. The Morgan fingerprint density at radius 3 is 2.67 bits per heavy atom. The second-order valence-corrected chi connectivity index (χ2v) is 6.74. The van der Waals surface area contributed by atoms with Crippen LogP contribution >= 0.6 is 11.6 Å². The van der Waals surface area contributed by atoms with E-state index in [1.54, 1.807) is 0 Å². The molecule has 1 aliphatic heterocycles. The lowest BCUT2D eigenvalue weighted by Gasteiger charge is -2.16. The normalized spacial score (nSPS) is 17.2. The van der Waals surface area contributed by atoms with Crippen molar-refractivity contribution in [2.75, 3.05) is 0 Å². The van der Waals surface area contributed by atoms with Crippen molar-refractivity contribution in [2.24, 2.45) is 0 Å². The molecule has 110 valence electrons. The Labute approximate surface area is 130 Å². The fourth-order valence-corrected chi connectivity index (χ4v) is 3.17. The zero-order chi connectivity index (χ0) is 15.2. The number of ether oxygens (including phenoxy) is 1. The summed E-state index contributed by atoms with van der Waals surface area (Å²) in [6.45, 7) is 6.12. The average Bonchev–Trinajstić information content (AvgIpc) is 2.70. The summed E-state index contributed by atoms with van der Waals surface area (Å²) in [4.78, 5) is 0. The Bertz CT molecular complexity index is 692. The molecule has 2 aromatic rings. The number of aliphatic hydroxyl groups excluding tert-OH is 1. The molecule has 0 saturated carbocycles. The minimum atomic E-state index is -0.716. The topological polar surface area (TPSA) is 29.5 Å². The Hall–Kier alpha value is -1.51. The zero-order valence-corrected chi connectivity index (χ0v) is 13.2. The van der Waals surface area contributed by atoms with Crippen LogP contribution in [-0.2, 0) is 6.42 Å². The van der Waals surface area contributed by atoms with Gasteiger partial charge in [0.1, 0.15) is 17.5 Å². The predicted octanol–water partition coefficient (Wildman–Crippen LogP) is 4.44. The van der Waals surface area contributed by atoms with E-state index in [9.17, 15) is 5.11 Å². The van der Waals surface area contributed by atoms with Gasteiger partial charge in [-0.25, -0.2) is 0 Å². The zero-order valence-electron chi connectivity index (χ0n) is 12.5. The highest BCUT2D eigenvalue weighted by Gasteiger charge is 2.30. The molecule has 2 aromatic carbocycles. The fraction of sp³-hybridized carbons (Fsp3) is 0.333. The molecule has 0 aromatic heterocycles. The maximum Gasteiger partial charge on any atom is 0.123 e. The first-order valence-electron chi connectivity index (χ1n) is 7.12. The van der Waals surface area contributed by atoms with Crippen LogP contribution < -0.4 is 4.74 Å². The van der Waals surface area contributed by atoms with E-state index in [1.807, 2.05) is 43.3 Å². The van der Waals surface area contributed by atoms with Crippen LogP contribution in [0.2, 0.25) is 5.02 Å². The summed E-state index contributed by atoms with van der Waals surface area (Å²) in [5.41, 5.74) is 3.63. The first kappa shape index (κ1) is 14.4. The van der Waals surface area contributed by atoms with Crippen LogP contribution in [0.1, 0.15) is 42.2 Å². The third-order valence-corrected chi connectivity index (χ3v) is 4.18. The van der Waals surface area contributed by atoms with Gasteiger partial charge in [0.25, 0.3) is 0 Å². The number of aliphatic hydroxyl groups is 1. The summed E-state index contributed by atoms with van der Waals surface area (Å²) in [5, 5.41) is 11.2. The van der Waals surface area contributed by atoms with Gasteiger partial charge >= 0.3 is 0 Å². The fourth-order valence-electron chi connectivity index (χ4n) is 2.83. The first-order chi connectivity index (χ1) is 9.85. The van der Waals surface area contributed by atoms with Crippen molar-refractivity contribution in [2.45, 2.75) is 38.9 Å². The van der Waals surface area contributed by atoms with E-state index in [-0.39, 0.29) is 5.60 Å². The molecular formula is C18H19ClO2. The second-order valence-electron chi connectivity index (χ2n) is 6.33. The lowest BCUT2D eigenvalue weighted by molar-refractivity contribution is 0.138.